The van der Waals surface area contributed by atoms with E-state index in [1.165, 1.54) is 0 Å². The molecule has 3 N–H and O–H groups in total. The molecule has 0 saturated carbocycles. The van der Waals surface area contributed by atoms with E-state index in [9.17, 15) is 0 Å². The summed E-state index contributed by atoms with van der Waals surface area (Å²) in [5, 5.41) is 8.56. The van der Waals surface area contributed by atoms with Crippen LogP contribution in [0.2, 0.25) is 0 Å². The molecule has 2 aliphatic rings. The predicted octanol–water partition coefficient (Wildman–Crippen LogP) is -2.24. The minimum Gasteiger partial charge on any atom is -0.466 e. The Morgan fingerprint density at radius 1 is 1.60 bits per heavy atom. The molecule has 5 nitrogen and oxygen atoms in total. The van der Waals surface area contributed by atoms with Crippen molar-refractivity contribution in [3.63, 3.8) is 0 Å². The number of rotatable bonds is 4. The average molecular weight is 199 g/mol. The molecule has 0 aromatic heterocycles. The van der Waals surface area contributed by atoms with E-state index in [2.05, 4.69) is 9.98 Å². The van der Waals surface area contributed by atoms with Gasteiger partial charge in [0.05, 0.1) is 25.2 Å². The van der Waals surface area contributed by atoms with Crippen LogP contribution in [0.5, 0.6) is 0 Å². The number of hydrogen-bond donors (Lipinski definition) is 2. The van der Waals surface area contributed by atoms with Gasteiger partial charge in [-0.15, -0.1) is 0 Å². The van der Waals surface area contributed by atoms with Crippen LogP contribution in [0.4, 0.5) is 0 Å². The summed E-state index contributed by atoms with van der Waals surface area (Å²) in [6.45, 7) is 0.440. The Bertz CT molecular complexity index is 319. The maximum absolute atomic E-state index is 8.56. The Balaban J connectivity index is 1.99. The second-order valence-corrected chi connectivity index (χ2v) is 3.29. The molecule has 0 saturated heterocycles. The number of aliphatic imine (C=N–C) groups is 2. The molecule has 0 amide bonds. The third-order valence-electron chi connectivity index (χ3n) is 2.34. The first kappa shape index (κ1) is 10.5. The van der Waals surface area contributed by atoms with E-state index >= 15 is 0 Å². The largest absolute Gasteiger partial charge is 0.466 e. The van der Waals surface area contributed by atoms with Gasteiger partial charge < -0.3 is 15.6 Å². The lowest BCUT2D eigenvalue weighted by molar-refractivity contribution is 0.508. The highest BCUT2D eigenvalue weighted by Crippen LogP contribution is 2.18. The van der Waals surface area contributed by atoms with E-state index in [0.29, 0.717) is 6.54 Å². The SMILES string of the molecule is NCC1=NC2N=CN([B][B][B]O)C2C=C1. The predicted molar refractivity (Wildman–Crippen MR) is 63.0 cm³/mol. The molecule has 73 valence electrons. The summed E-state index contributed by atoms with van der Waals surface area (Å²) in [6.07, 6.45) is 5.55. The second kappa shape index (κ2) is 4.68. The Hall–Kier alpha value is -1.01. The molecule has 0 bridgehead atoms. The number of nitrogens with two attached hydrogens (primary N) is 1. The van der Waals surface area contributed by atoms with E-state index in [1.54, 1.807) is 20.7 Å². The van der Waals surface area contributed by atoms with Crippen molar-refractivity contribution in [1.82, 2.24) is 4.81 Å². The maximum atomic E-state index is 8.56. The Morgan fingerprint density at radius 3 is 3.20 bits per heavy atom. The number of fused-ring (bicyclic) bond motifs is 1. The van der Waals surface area contributed by atoms with Crippen molar-refractivity contribution in [2.24, 2.45) is 15.7 Å². The van der Waals surface area contributed by atoms with Crippen LogP contribution in [-0.4, -0.2) is 62.4 Å². The quantitative estimate of drug-likeness (QED) is 0.502. The molecule has 3 radical (unpaired) electrons. The highest BCUT2D eigenvalue weighted by Gasteiger charge is 2.29. The molecule has 8 heteroatoms. The van der Waals surface area contributed by atoms with E-state index < -0.39 is 0 Å². The smallest absolute Gasteiger partial charge is 0.228 e. The molecule has 15 heavy (non-hydrogen) atoms. The van der Waals surface area contributed by atoms with Crippen LogP contribution in [0.25, 0.3) is 0 Å². The van der Waals surface area contributed by atoms with E-state index in [1.807, 2.05) is 17.0 Å². The van der Waals surface area contributed by atoms with Crippen molar-refractivity contribution >= 4 is 33.8 Å². The molecule has 0 aliphatic carbocycles. The molecule has 0 spiro atoms. The molecule has 2 heterocycles. The van der Waals surface area contributed by atoms with E-state index in [-0.39, 0.29) is 12.2 Å². The number of dihydropyridines is 1. The van der Waals surface area contributed by atoms with Crippen LogP contribution in [0.3, 0.4) is 0 Å². The molecule has 0 aromatic carbocycles. The van der Waals surface area contributed by atoms with Crippen LogP contribution in [0.15, 0.2) is 22.1 Å². The Labute approximate surface area is 90.9 Å². The fraction of sp³-hybridized carbons (Fsp3) is 0.429. The molecule has 0 aromatic rings. The zero-order valence-electron chi connectivity index (χ0n) is 8.19. The van der Waals surface area contributed by atoms with Crippen LogP contribution < -0.4 is 5.73 Å². The molecule has 2 atom stereocenters. The first-order valence-corrected chi connectivity index (χ1v) is 4.75. The third kappa shape index (κ3) is 2.16. The van der Waals surface area contributed by atoms with Gasteiger partial charge in [-0.05, 0) is 6.08 Å². The number of hydrogen-bond acceptors (Lipinski definition) is 5. The summed E-state index contributed by atoms with van der Waals surface area (Å²) in [5.41, 5.74) is 6.37. The van der Waals surface area contributed by atoms with Crippen molar-refractivity contribution < 1.29 is 5.02 Å². The van der Waals surface area contributed by atoms with Crippen LogP contribution in [0.1, 0.15) is 0 Å². The summed E-state index contributed by atoms with van der Waals surface area (Å²) in [6, 6.07) is 0.108. The lowest BCUT2D eigenvalue weighted by Crippen LogP contribution is -2.42. The maximum Gasteiger partial charge on any atom is 0.228 e. The lowest BCUT2D eigenvalue weighted by atomic mass is 9.29. The van der Waals surface area contributed by atoms with E-state index in [0.717, 1.165) is 13.1 Å². The Morgan fingerprint density at radius 2 is 2.47 bits per heavy atom. The molecular weight excluding hydrogens is 189 g/mol. The normalized spacial score (nSPS) is 27.3. The van der Waals surface area contributed by atoms with Gasteiger partial charge >= 0.3 is 0 Å². The molecule has 2 aliphatic heterocycles. The summed E-state index contributed by atoms with van der Waals surface area (Å²) >= 11 is 0. The fourth-order valence-electron chi connectivity index (χ4n) is 1.59. The van der Waals surface area contributed by atoms with Gasteiger partial charge in [-0.2, -0.15) is 0 Å². The summed E-state index contributed by atoms with van der Waals surface area (Å²) in [7, 11) is 4.29. The topological polar surface area (TPSA) is 74.2 Å². The summed E-state index contributed by atoms with van der Waals surface area (Å²) < 4.78 is 0. The van der Waals surface area contributed by atoms with Crippen molar-refractivity contribution in [2.45, 2.75) is 12.2 Å². The molecule has 0 fully saturated rings. The van der Waals surface area contributed by atoms with Crippen molar-refractivity contribution in [3.8, 4) is 0 Å². The first-order valence-electron chi connectivity index (χ1n) is 4.75. The minimum absolute atomic E-state index is 0.100. The Kier molecular flexibility index (Phi) is 3.28. The van der Waals surface area contributed by atoms with Crippen molar-refractivity contribution in [3.05, 3.63) is 12.2 Å². The standard InChI is InChI=1S/C7H10B3N4O/c11-3-5-1-2-6-7(13-5)12-4-14(6)9-8-10-15/h1-2,4,6-7,15H,3,11H2. The van der Waals surface area contributed by atoms with Crippen LogP contribution in [0, 0.1) is 0 Å². The molecule has 2 rings (SSSR count). The van der Waals surface area contributed by atoms with E-state index in [4.69, 9.17) is 10.8 Å². The van der Waals surface area contributed by atoms with Crippen LogP contribution >= 0.6 is 0 Å². The highest BCUT2D eigenvalue weighted by molar-refractivity contribution is 7.26. The minimum atomic E-state index is -0.100. The third-order valence-corrected chi connectivity index (χ3v) is 2.34. The van der Waals surface area contributed by atoms with Gasteiger partial charge in [-0.1, -0.05) is 6.08 Å². The number of nitrogens with zero attached hydrogens (tertiary/aromatic N) is 3. The van der Waals surface area contributed by atoms with Crippen molar-refractivity contribution in [1.29, 1.82) is 0 Å². The second-order valence-electron chi connectivity index (χ2n) is 3.29. The highest BCUT2D eigenvalue weighted by atomic mass is 16.2. The van der Waals surface area contributed by atoms with Gasteiger partial charge in [-0.3, -0.25) is 4.99 Å². The van der Waals surface area contributed by atoms with Gasteiger partial charge in [0.25, 0.3) is 0 Å². The van der Waals surface area contributed by atoms with Crippen molar-refractivity contribution in [2.75, 3.05) is 6.54 Å². The summed E-state index contributed by atoms with van der Waals surface area (Å²) in [4.78, 5) is 10.5. The molecule has 2 unspecified atom stereocenters. The first-order chi connectivity index (χ1) is 7.35. The van der Waals surface area contributed by atoms with Gasteiger partial charge in [0, 0.05) is 6.54 Å². The van der Waals surface area contributed by atoms with Gasteiger partial charge in [0.2, 0.25) is 7.37 Å². The van der Waals surface area contributed by atoms with Crippen LogP contribution in [-0.2, 0) is 0 Å². The summed E-state index contributed by atoms with van der Waals surface area (Å²) in [5.74, 6) is 0. The lowest BCUT2D eigenvalue weighted by Gasteiger charge is -2.26. The monoisotopic (exact) mass is 199 g/mol. The van der Waals surface area contributed by atoms with Gasteiger partial charge in [0.15, 0.2) is 13.5 Å². The van der Waals surface area contributed by atoms with Gasteiger partial charge in [-0.25, -0.2) is 4.99 Å². The molecular formula is C7H10B3N4O. The average Bonchev–Trinajstić information content (AvgIpc) is 2.68. The fourth-order valence-corrected chi connectivity index (χ4v) is 1.59. The van der Waals surface area contributed by atoms with Gasteiger partial charge in [0.1, 0.15) is 0 Å². The zero-order chi connectivity index (χ0) is 10.7. The zero-order valence-corrected chi connectivity index (χ0v) is 8.19.